The van der Waals surface area contributed by atoms with Gasteiger partial charge in [-0.1, -0.05) is 0 Å². The van der Waals surface area contributed by atoms with Gasteiger partial charge >= 0.3 is 0 Å². The lowest BCUT2D eigenvalue weighted by molar-refractivity contribution is 0.657. The molecule has 0 aromatic carbocycles. The maximum atomic E-state index is 4.34. The highest BCUT2D eigenvalue weighted by molar-refractivity contribution is 5.32. The van der Waals surface area contributed by atoms with Crippen molar-refractivity contribution < 1.29 is 0 Å². The zero-order valence-corrected chi connectivity index (χ0v) is 9.46. The van der Waals surface area contributed by atoms with Gasteiger partial charge < -0.3 is 9.88 Å². The molecule has 0 saturated carbocycles. The van der Waals surface area contributed by atoms with E-state index in [1.165, 1.54) is 0 Å². The first-order valence-corrected chi connectivity index (χ1v) is 5.35. The molecule has 1 atom stereocenters. The van der Waals surface area contributed by atoms with E-state index < -0.39 is 0 Å². The molecule has 2 rings (SSSR count). The Bertz CT molecular complexity index is 437. The number of nitrogens with zero attached hydrogens (tertiary/aromatic N) is 4. The summed E-state index contributed by atoms with van der Waals surface area (Å²) in [6.07, 6.45) is 8.82. The number of hydrogen-bond donors (Lipinski definition) is 1. The molecule has 1 N–H and O–H groups in total. The minimum absolute atomic E-state index is 0.117. The summed E-state index contributed by atoms with van der Waals surface area (Å²) < 4.78 is 2.11. The van der Waals surface area contributed by atoms with Crippen molar-refractivity contribution in [2.24, 2.45) is 0 Å². The predicted octanol–water partition coefficient (Wildman–Crippen LogP) is 1.87. The molecule has 0 radical (unpaired) electrons. The van der Waals surface area contributed by atoms with Crippen LogP contribution in [0.4, 0.5) is 5.82 Å². The van der Waals surface area contributed by atoms with Gasteiger partial charge in [0.1, 0.15) is 11.6 Å². The number of imidazole rings is 1. The van der Waals surface area contributed by atoms with Gasteiger partial charge in [-0.25, -0.2) is 9.97 Å². The number of nitrogens with one attached hydrogen (secondary N) is 1. The molecule has 16 heavy (non-hydrogen) atoms. The van der Waals surface area contributed by atoms with E-state index in [1.807, 2.05) is 12.4 Å². The summed E-state index contributed by atoms with van der Waals surface area (Å²) in [5.74, 6) is 1.77. The Morgan fingerprint density at radius 2 is 2.19 bits per heavy atom. The zero-order chi connectivity index (χ0) is 11.4. The first-order chi connectivity index (χ1) is 7.81. The van der Waals surface area contributed by atoms with E-state index >= 15 is 0 Å². The Balaban J connectivity index is 2.11. The highest BCUT2D eigenvalue weighted by Gasteiger charge is 2.11. The van der Waals surface area contributed by atoms with E-state index in [0.29, 0.717) is 0 Å². The van der Waals surface area contributed by atoms with Crippen LogP contribution in [0.1, 0.15) is 25.7 Å². The van der Waals surface area contributed by atoms with Gasteiger partial charge in [-0.05, 0) is 13.8 Å². The molecule has 0 aliphatic rings. The molecule has 0 fully saturated rings. The average molecular weight is 217 g/mol. The van der Waals surface area contributed by atoms with E-state index in [0.717, 1.165) is 18.2 Å². The minimum Gasteiger partial charge on any atom is -0.359 e. The summed E-state index contributed by atoms with van der Waals surface area (Å²) >= 11 is 0. The highest BCUT2D eigenvalue weighted by Crippen LogP contribution is 2.15. The average Bonchev–Trinajstić information content (AvgIpc) is 2.78. The topological polar surface area (TPSA) is 55.6 Å². The normalized spacial score (nSPS) is 12.4. The molecular weight excluding hydrogens is 202 g/mol. The Morgan fingerprint density at radius 3 is 2.88 bits per heavy atom. The molecule has 0 amide bonds. The van der Waals surface area contributed by atoms with Crippen LogP contribution in [0.5, 0.6) is 0 Å². The number of hydrogen-bond acceptors (Lipinski definition) is 4. The number of anilines is 1. The standard InChI is InChI=1S/C11H15N5/c1-3-16-7-6-14-11(16)9(2)15-10-8-12-4-5-13-10/h4-9H,3H2,1-2H3,(H,13,15). The second kappa shape index (κ2) is 4.74. The van der Waals surface area contributed by atoms with Crippen molar-refractivity contribution in [3.8, 4) is 0 Å². The van der Waals surface area contributed by atoms with Gasteiger partial charge in [0.2, 0.25) is 0 Å². The van der Waals surface area contributed by atoms with E-state index in [1.54, 1.807) is 18.6 Å². The van der Waals surface area contributed by atoms with Crippen LogP contribution < -0.4 is 5.32 Å². The monoisotopic (exact) mass is 217 g/mol. The summed E-state index contributed by atoms with van der Waals surface area (Å²) in [6.45, 7) is 5.07. The van der Waals surface area contributed by atoms with Crippen LogP contribution in [0.3, 0.4) is 0 Å². The number of rotatable bonds is 4. The van der Waals surface area contributed by atoms with E-state index in [4.69, 9.17) is 0 Å². The maximum absolute atomic E-state index is 4.34. The van der Waals surface area contributed by atoms with Gasteiger partial charge in [-0.2, -0.15) is 0 Å². The van der Waals surface area contributed by atoms with Crippen LogP contribution in [0.2, 0.25) is 0 Å². The summed E-state index contributed by atoms with van der Waals surface area (Å²) in [6, 6.07) is 0.117. The first-order valence-electron chi connectivity index (χ1n) is 5.35. The van der Waals surface area contributed by atoms with Gasteiger partial charge in [0.25, 0.3) is 0 Å². The second-order valence-corrected chi connectivity index (χ2v) is 3.53. The fourth-order valence-corrected chi connectivity index (χ4v) is 1.63. The fourth-order valence-electron chi connectivity index (χ4n) is 1.63. The Labute approximate surface area is 94.6 Å². The van der Waals surface area contributed by atoms with Gasteiger partial charge in [0.15, 0.2) is 0 Å². The molecule has 5 nitrogen and oxygen atoms in total. The van der Waals surface area contributed by atoms with Gasteiger partial charge in [0, 0.05) is 31.3 Å². The molecule has 2 aromatic rings. The second-order valence-electron chi connectivity index (χ2n) is 3.53. The third-order valence-electron chi connectivity index (χ3n) is 2.40. The van der Waals surface area contributed by atoms with Crippen LogP contribution in [-0.2, 0) is 6.54 Å². The number of aryl methyl sites for hydroxylation is 1. The van der Waals surface area contributed by atoms with Crippen molar-refractivity contribution in [1.82, 2.24) is 19.5 Å². The smallest absolute Gasteiger partial charge is 0.145 e. The number of aromatic nitrogens is 4. The maximum Gasteiger partial charge on any atom is 0.145 e. The predicted molar refractivity (Wildman–Crippen MR) is 62.0 cm³/mol. The molecule has 5 heteroatoms. The largest absolute Gasteiger partial charge is 0.359 e. The molecular formula is C11H15N5. The van der Waals surface area contributed by atoms with Crippen LogP contribution in [0.25, 0.3) is 0 Å². The van der Waals surface area contributed by atoms with Gasteiger partial charge in [0.05, 0.1) is 12.2 Å². The first kappa shape index (κ1) is 10.6. The summed E-state index contributed by atoms with van der Waals surface area (Å²) in [4.78, 5) is 12.5. The molecule has 2 heterocycles. The van der Waals surface area contributed by atoms with E-state index in [2.05, 4.69) is 38.7 Å². The molecule has 0 bridgehead atoms. The quantitative estimate of drug-likeness (QED) is 0.849. The van der Waals surface area contributed by atoms with Gasteiger partial charge in [-0.15, -0.1) is 0 Å². The molecule has 0 saturated heterocycles. The van der Waals surface area contributed by atoms with Crippen LogP contribution in [0, 0.1) is 0 Å². The Morgan fingerprint density at radius 1 is 1.31 bits per heavy atom. The third kappa shape index (κ3) is 2.18. The third-order valence-corrected chi connectivity index (χ3v) is 2.40. The molecule has 0 aliphatic heterocycles. The molecule has 1 unspecified atom stereocenters. The van der Waals surface area contributed by atoms with Crippen LogP contribution >= 0.6 is 0 Å². The van der Waals surface area contributed by atoms with Crippen molar-refractivity contribution in [3.63, 3.8) is 0 Å². The summed E-state index contributed by atoms with van der Waals surface area (Å²) in [7, 11) is 0. The lowest BCUT2D eigenvalue weighted by atomic mass is 10.3. The van der Waals surface area contributed by atoms with Crippen molar-refractivity contribution in [1.29, 1.82) is 0 Å². The lowest BCUT2D eigenvalue weighted by Gasteiger charge is -2.14. The molecule has 84 valence electrons. The fraction of sp³-hybridized carbons (Fsp3) is 0.364. The minimum atomic E-state index is 0.117. The van der Waals surface area contributed by atoms with Crippen molar-refractivity contribution >= 4 is 5.82 Å². The Kier molecular flexibility index (Phi) is 3.14. The molecule has 0 aliphatic carbocycles. The van der Waals surface area contributed by atoms with E-state index in [9.17, 15) is 0 Å². The van der Waals surface area contributed by atoms with Crippen LogP contribution in [0.15, 0.2) is 31.0 Å². The van der Waals surface area contributed by atoms with E-state index in [-0.39, 0.29) is 6.04 Å². The zero-order valence-electron chi connectivity index (χ0n) is 9.46. The summed E-state index contributed by atoms with van der Waals surface area (Å²) in [5, 5.41) is 3.26. The highest BCUT2D eigenvalue weighted by atomic mass is 15.1. The van der Waals surface area contributed by atoms with Crippen molar-refractivity contribution in [3.05, 3.63) is 36.8 Å². The van der Waals surface area contributed by atoms with Crippen molar-refractivity contribution in [2.45, 2.75) is 26.4 Å². The Hall–Kier alpha value is -1.91. The summed E-state index contributed by atoms with van der Waals surface area (Å²) in [5.41, 5.74) is 0. The van der Waals surface area contributed by atoms with Crippen LogP contribution in [-0.4, -0.2) is 19.5 Å². The van der Waals surface area contributed by atoms with Crippen molar-refractivity contribution in [2.75, 3.05) is 5.32 Å². The SMILES string of the molecule is CCn1ccnc1C(C)Nc1cnccn1. The molecule has 0 spiro atoms. The van der Waals surface area contributed by atoms with Gasteiger partial charge in [-0.3, -0.25) is 4.98 Å². The lowest BCUT2D eigenvalue weighted by Crippen LogP contribution is -2.13. The molecule has 2 aromatic heterocycles.